The number of rotatable bonds is 6. The quantitative estimate of drug-likeness (QED) is 0.654. The zero-order chi connectivity index (χ0) is 11.8. The monoisotopic (exact) mass is 222 g/mol. The molecule has 3 N–H and O–H groups in total. The molecule has 0 aliphatic rings. The van der Waals surface area contributed by atoms with Crippen molar-refractivity contribution in [2.75, 3.05) is 20.2 Å². The number of carbonyl (C=O) groups is 1. The van der Waals surface area contributed by atoms with Gasteiger partial charge in [0, 0.05) is 13.0 Å². The number of aliphatic hydroxyl groups is 1. The maximum atomic E-state index is 11.5. The van der Waals surface area contributed by atoms with E-state index >= 15 is 0 Å². The fourth-order valence-corrected chi connectivity index (χ4v) is 1.42. The lowest BCUT2D eigenvalue weighted by Crippen LogP contribution is -2.32. The predicted octanol–water partition coefficient (Wildman–Crippen LogP) is 0.446. The Kier molecular flexibility index (Phi) is 5.53. The van der Waals surface area contributed by atoms with Crippen LogP contribution in [-0.4, -0.2) is 31.2 Å². The van der Waals surface area contributed by atoms with Crippen molar-refractivity contribution >= 4 is 5.91 Å². The van der Waals surface area contributed by atoms with Crippen molar-refractivity contribution in [2.24, 2.45) is 0 Å². The van der Waals surface area contributed by atoms with Crippen LogP contribution in [0.25, 0.3) is 0 Å². The Balaban J connectivity index is 2.52. The van der Waals surface area contributed by atoms with E-state index in [0.717, 1.165) is 5.56 Å². The highest BCUT2D eigenvalue weighted by Gasteiger charge is 2.12. The van der Waals surface area contributed by atoms with Gasteiger partial charge in [0.05, 0.1) is 12.6 Å². The molecule has 88 valence electrons. The summed E-state index contributed by atoms with van der Waals surface area (Å²) in [5.41, 5.74) is 0.919. The summed E-state index contributed by atoms with van der Waals surface area (Å²) < 4.78 is 0. The minimum Gasteiger partial charge on any atom is -0.394 e. The lowest BCUT2D eigenvalue weighted by atomic mass is 10.1. The average molecular weight is 222 g/mol. The summed E-state index contributed by atoms with van der Waals surface area (Å²) >= 11 is 0. The van der Waals surface area contributed by atoms with E-state index in [-0.39, 0.29) is 18.6 Å². The van der Waals surface area contributed by atoms with Crippen molar-refractivity contribution in [3.8, 4) is 0 Å². The molecule has 0 radical (unpaired) electrons. The van der Waals surface area contributed by atoms with Crippen LogP contribution in [-0.2, 0) is 4.79 Å². The maximum Gasteiger partial charge on any atom is 0.221 e. The molecule has 1 unspecified atom stereocenters. The summed E-state index contributed by atoms with van der Waals surface area (Å²) in [5.74, 6) is -0.0581. The van der Waals surface area contributed by atoms with E-state index in [1.807, 2.05) is 30.3 Å². The van der Waals surface area contributed by atoms with Crippen LogP contribution in [0.15, 0.2) is 30.3 Å². The molecule has 4 heteroatoms. The summed E-state index contributed by atoms with van der Waals surface area (Å²) in [6.07, 6.45) is 0.417. The van der Waals surface area contributed by atoms with Crippen molar-refractivity contribution < 1.29 is 9.90 Å². The molecule has 16 heavy (non-hydrogen) atoms. The molecule has 0 bridgehead atoms. The third-order valence-corrected chi connectivity index (χ3v) is 2.32. The first-order chi connectivity index (χ1) is 7.77. The Hall–Kier alpha value is -1.39. The standard InChI is InChI=1S/C12H18N2O2/c1-13-8-7-12(16)14-11(9-15)10-5-3-2-4-6-10/h2-6,11,13,15H,7-9H2,1H3,(H,14,16). The van der Waals surface area contributed by atoms with E-state index in [9.17, 15) is 9.90 Å². The van der Waals surface area contributed by atoms with Crippen LogP contribution < -0.4 is 10.6 Å². The summed E-state index contributed by atoms with van der Waals surface area (Å²) in [7, 11) is 1.80. The van der Waals surface area contributed by atoms with Crippen molar-refractivity contribution in [2.45, 2.75) is 12.5 Å². The van der Waals surface area contributed by atoms with Gasteiger partial charge in [-0.2, -0.15) is 0 Å². The first-order valence-electron chi connectivity index (χ1n) is 5.37. The molecule has 1 rings (SSSR count). The van der Waals surface area contributed by atoms with E-state index in [1.165, 1.54) is 0 Å². The minimum absolute atomic E-state index is 0.0581. The maximum absolute atomic E-state index is 11.5. The number of hydrogen-bond acceptors (Lipinski definition) is 3. The summed E-state index contributed by atoms with van der Waals surface area (Å²) in [4.78, 5) is 11.5. The molecule has 1 amide bonds. The largest absolute Gasteiger partial charge is 0.394 e. The highest BCUT2D eigenvalue weighted by Crippen LogP contribution is 2.11. The third kappa shape index (κ3) is 4.00. The first-order valence-corrected chi connectivity index (χ1v) is 5.37. The number of benzene rings is 1. The van der Waals surface area contributed by atoms with Gasteiger partial charge in [-0.3, -0.25) is 4.79 Å². The van der Waals surface area contributed by atoms with Crippen molar-refractivity contribution in [1.82, 2.24) is 10.6 Å². The van der Waals surface area contributed by atoms with Gasteiger partial charge in [-0.1, -0.05) is 30.3 Å². The second-order valence-corrected chi connectivity index (χ2v) is 3.57. The van der Waals surface area contributed by atoms with E-state index in [2.05, 4.69) is 10.6 Å². The van der Waals surface area contributed by atoms with Gasteiger partial charge < -0.3 is 15.7 Å². The Bertz CT molecular complexity index is 314. The number of nitrogens with one attached hydrogen (secondary N) is 2. The lowest BCUT2D eigenvalue weighted by molar-refractivity contribution is -0.122. The van der Waals surface area contributed by atoms with Gasteiger partial charge in [0.2, 0.25) is 5.91 Å². The van der Waals surface area contributed by atoms with E-state index in [1.54, 1.807) is 7.05 Å². The zero-order valence-corrected chi connectivity index (χ0v) is 9.44. The molecule has 0 saturated carbocycles. The van der Waals surface area contributed by atoms with Crippen LogP contribution >= 0.6 is 0 Å². The van der Waals surface area contributed by atoms with Crippen LogP contribution in [0.2, 0.25) is 0 Å². The Morgan fingerprint density at radius 1 is 1.38 bits per heavy atom. The molecule has 0 heterocycles. The minimum atomic E-state index is -0.314. The molecule has 0 aliphatic heterocycles. The summed E-state index contributed by atoms with van der Waals surface area (Å²) in [6.45, 7) is 0.550. The Labute approximate surface area is 95.7 Å². The topological polar surface area (TPSA) is 61.4 Å². The van der Waals surface area contributed by atoms with Crippen molar-refractivity contribution in [3.05, 3.63) is 35.9 Å². The normalized spacial score (nSPS) is 12.1. The summed E-state index contributed by atoms with van der Waals surface area (Å²) in [5, 5.41) is 14.9. The predicted molar refractivity (Wildman–Crippen MR) is 63.0 cm³/mol. The van der Waals surface area contributed by atoms with Crippen molar-refractivity contribution in [3.63, 3.8) is 0 Å². The Morgan fingerprint density at radius 3 is 2.62 bits per heavy atom. The van der Waals surface area contributed by atoms with Crippen LogP contribution in [0.3, 0.4) is 0 Å². The second kappa shape index (κ2) is 6.98. The molecule has 1 aromatic rings. The van der Waals surface area contributed by atoms with E-state index in [0.29, 0.717) is 13.0 Å². The van der Waals surface area contributed by atoms with Gasteiger partial charge in [-0.05, 0) is 12.6 Å². The lowest BCUT2D eigenvalue weighted by Gasteiger charge is -2.16. The molecule has 1 atom stereocenters. The fraction of sp³-hybridized carbons (Fsp3) is 0.417. The second-order valence-electron chi connectivity index (χ2n) is 3.57. The molecule has 0 spiro atoms. The van der Waals surface area contributed by atoms with E-state index < -0.39 is 0 Å². The van der Waals surface area contributed by atoms with Crippen LogP contribution in [0.4, 0.5) is 0 Å². The molecular weight excluding hydrogens is 204 g/mol. The fourth-order valence-electron chi connectivity index (χ4n) is 1.42. The smallest absolute Gasteiger partial charge is 0.221 e. The number of aliphatic hydroxyl groups excluding tert-OH is 1. The number of hydrogen-bond donors (Lipinski definition) is 3. The molecule has 0 fully saturated rings. The van der Waals surface area contributed by atoms with Gasteiger partial charge in [-0.15, -0.1) is 0 Å². The molecule has 1 aromatic carbocycles. The summed E-state index contributed by atoms with van der Waals surface area (Å²) in [6, 6.07) is 9.14. The molecule has 4 nitrogen and oxygen atoms in total. The third-order valence-electron chi connectivity index (χ3n) is 2.32. The SMILES string of the molecule is CNCCC(=O)NC(CO)c1ccccc1. The first kappa shape index (κ1) is 12.7. The van der Waals surface area contributed by atoms with Gasteiger partial charge >= 0.3 is 0 Å². The zero-order valence-electron chi connectivity index (χ0n) is 9.44. The molecule has 0 aromatic heterocycles. The van der Waals surface area contributed by atoms with E-state index in [4.69, 9.17) is 0 Å². The van der Waals surface area contributed by atoms with Crippen LogP contribution in [0, 0.1) is 0 Å². The highest BCUT2D eigenvalue weighted by molar-refractivity contribution is 5.76. The average Bonchev–Trinajstić information content (AvgIpc) is 2.34. The van der Waals surface area contributed by atoms with Gasteiger partial charge in [-0.25, -0.2) is 0 Å². The van der Waals surface area contributed by atoms with Gasteiger partial charge in [0.25, 0.3) is 0 Å². The Morgan fingerprint density at radius 2 is 2.06 bits per heavy atom. The van der Waals surface area contributed by atoms with Gasteiger partial charge in [0.15, 0.2) is 0 Å². The van der Waals surface area contributed by atoms with Crippen LogP contribution in [0.5, 0.6) is 0 Å². The van der Waals surface area contributed by atoms with Gasteiger partial charge in [0.1, 0.15) is 0 Å². The highest BCUT2D eigenvalue weighted by atomic mass is 16.3. The molecule has 0 saturated heterocycles. The number of amides is 1. The molecular formula is C12H18N2O2. The van der Waals surface area contributed by atoms with Crippen LogP contribution in [0.1, 0.15) is 18.0 Å². The molecule has 0 aliphatic carbocycles. The van der Waals surface area contributed by atoms with Crippen molar-refractivity contribution in [1.29, 1.82) is 0 Å². The number of carbonyl (C=O) groups excluding carboxylic acids is 1.